The van der Waals surface area contributed by atoms with Crippen molar-refractivity contribution in [3.05, 3.63) is 48.1 Å². The molecule has 1 aromatic carbocycles. The van der Waals surface area contributed by atoms with E-state index in [0.717, 1.165) is 29.5 Å². The average molecular weight is 344 g/mol. The number of rotatable bonds is 6. The van der Waals surface area contributed by atoms with Gasteiger partial charge in [-0.1, -0.05) is 19.9 Å². The van der Waals surface area contributed by atoms with E-state index in [-0.39, 0.29) is 0 Å². The van der Waals surface area contributed by atoms with Crippen LogP contribution in [0.5, 0.6) is 0 Å². The number of carbonyl (C=O) groups excluding carboxylic acids is 1. The quantitative estimate of drug-likeness (QED) is 0.817. The summed E-state index contributed by atoms with van der Waals surface area (Å²) in [6, 6.07) is 2.25. The van der Waals surface area contributed by atoms with Gasteiger partial charge in [-0.25, -0.2) is 13.8 Å². The summed E-state index contributed by atoms with van der Waals surface area (Å²) in [4.78, 5) is 15.1. The Bertz CT molecular complexity index is 733. The first kappa shape index (κ1) is 17.9. The van der Waals surface area contributed by atoms with E-state index in [1.54, 1.807) is 0 Å². The third kappa shape index (κ3) is 2.74. The second-order valence-electron chi connectivity index (χ2n) is 5.78. The topological polar surface area (TPSA) is 73.8 Å². The van der Waals surface area contributed by atoms with Crippen molar-refractivity contribution < 1.29 is 22.4 Å². The van der Waals surface area contributed by atoms with Crippen molar-refractivity contribution in [3.63, 3.8) is 0 Å². The average Bonchev–Trinajstić information content (AvgIpc) is 2.97. The van der Waals surface area contributed by atoms with Crippen LogP contribution in [0.2, 0.25) is 0 Å². The molecule has 2 aromatic rings. The Labute approximate surface area is 135 Å². The number of nitrogens with zero attached hydrogens (tertiary/aromatic N) is 3. The van der Waals surface area contributed by atoms with E-state index >= 15 is 0 Å². The molecule has 0 aliphatic carbocycles. The molecule has 0 saturated carbocycles. The summed E-state index contributed by atoms with van der Waals surface area (Å²) in [5.74, 6) is -9.07. The number of hydrogen-bond acceptors (Lipinski definition) is 3. The lowest BCUT2D eigenvalue weighted by Crippen LogP contribution is -2.59. The minimum Gasteiger partial charge on any atom is -0.364 e. The Morgan fingerprint density at radius 1 is 1.33 bits per heavy atom. The number of nitrogens with two attached hydrogens (primary N) is 1. The molecule has 0 unspecified atom stereocenters. The molecule has 130 valence electrons. The number of aromatic nitrogens is 3. The lowest BCUT2D eigenvalue weighted by Gasteiger charge is -2.42. The SMILES string of the molecule is CC(C)[C@@](Cn1cncn1)(c1ccc(F)cc1F)C(F)(F)C(N)=O. The fraction of sp³-hybridized carbons (Fsp3) is 0.400. The molecule has 2 rings (SSSR count). The molecule has 1 aromatic heterocycles. The molecule has 0 saturated heterocycles. The van der Waals surface area contributed by atoms with Crippen LogP contribution in [0.15, 0.2) is 30.9 Å². The molecule has 0 bridgehead atoms. The van der Waals surface area contributed by atoms with E-state index in [9.17, 15) is 22.4 Å². The van der Waals surface area contributed by atoms with E-state index in [4.69, 9.17) is 5.73 Å². The predicted molar refractivity (Wildman–Crippen MR) is 77.0 cm³/mol. The van der Waals surface area contributed by atoms with Crippen molar-refractivity contribution in [2.75, 3.05) is 0 Å². The minimum absolute atomic E-state index is 0.491. The van der Waals surface area contributed by atoms with E-state index in [0.29, 0.717) is 6.07 Å². The second-order valence-corrected chi connectivity index (χ2v) is 5.78. The Morgan fingerprint density at radius 2 is 2.00 bits per heavy atom. The van der Waals surface area contributed by atoms with Gasteiger partial charge in [-0.2, -0.15) is 13.9 Å². The highest BCUT2D eigenvalue weighted by Gasteiger charge is 2.62. The first-order valence-corrected chi connectivity index (χ1v) is 7.08. The zero-order chi connectivity index (χ0) is 18.1. The lowest BCUT2D eigenvalue weighted by molar-refractivity contribution is -0.161. The van der Waals surface area contributed by atoms with Crippen molar-refractivity contribution in [2.45, 2.75) is 31.7 Å². The van der Waals surface area contributed by atoms with Crippen LogP contribution in [0.25, 0.3) is 0 Å². The van der Waals surface area contributed by atoms with Gasteiger partial charge >= 0.3 is 5.92 Å². The smallest absolute Gasteiger partial charge is 0.335 e. The highest BCUT2D eigenvalue weighted by atomic mass is 19.3. The Morgan fingerprint density at radius 3 is 2.46 bits per heavy atom. The molecular formula is C15H16F4N4O. The number of hydrogen-bond donors (Lipinski definition) is 1. The highest BCUT2D eigenvalue weighted by molar-refractivity contribution is 5.84. The van der Waals surface area contributed by atoms with Crippen LogP contribution in [-0.4, -0.2) is 26.6 Å². The third-order valence-corrected chi connectivity index (χ3v) is 4.15. The Hall–Kier alpha value is -2.45. The number of amides is 1. The molecule has 1 amide bonds. The van der Waals surface area contributed by atoms with Crippen molar-refractivity contribution >= 4 is 5.91 Å². The predicted octanol–water partition coefficient (Wildman–Crippen LogP) is 2.27. The van der Waals surface area contributed by atoms with Crippen molar-refractivity contribution in [1.82, 2.24) is 14.8 Å². The second kappa shape index (κ2) is 6.21. The monoisotopic (exact) mass is 344 g/mol. The number of halogens is 4. The maximum absolute atomic E-state index is 14.9. The fourth-order valence-electron chi connectivity index (χ4n) is 2.85. The number of carbonyl (C=O) groups is 1. The highest BCUT2D eigenvalue weighted by Crippen LogP contribution is 2.47. The summed E-state index contributed by atoms with van der Waals surface area (Å²) in [6.07, 6.45) is 2.28. The molecule has 1 heterocycles. The summed E-state index contributed by atoms with van der Waals surface area (Å²) >= 11 is 0. The van der Waals surface area contributed by atoms with Crippen molar-refractivity contribution in [3.8, 4) is 0 Å². The van der Waals surface area contributed by atoms with Gasteiger partial charge in [-0.3, -0.25) is 9.48 Å². The van der Waals surface area contributed by atoms with E-state index < -0.39 is 46.9 Å². The van der Waals surface area contributed by atoms with Crippen LogP contribution >= 0.6 is 0 Å². The molecule has 0 spiro atoms. The van der Waals surface area contributed by atoms with Crippen molar-refractivity contribution in [1.29, 1.82) is 0 Å². The molecule has 0 fully saturated rings. The van der Waals surface area contributed by atoms with Gasteiger partial charge in [0.25, 0.3) is 5.91 Å². The largest absolute Gasteiger partial charge is 0.364 e. The molecule has 0 aliphatic heterocycles. The first-order valence-electron chi connectivity index (χ1n) is 7.08. The summed E-state index contributed by atoms with van der Waals surface area (Å²) < 4.78 is 58.4. The molecule has 0 aliphatic rings. The summed E-state index contributed by atoms with van der Waals surface area (Å²) in [5.41, 5.74) is 2.02. The Kier molecular flexibility index (Phi) is 4.63. The number of primary amides is 1. The van der Waals surface area contributed by atoms with Gasteiger partial charge in [-0.15, -0.1) is 0 Å². The molecular weight excluding hydrogens is 328 g/mol. The molecule has 0 radical (unpaired) electrons. The Balaban J connectivity index is 2.77. The minimum atomic E-state index is -4.12. The van der Waals surface area contributed by atoms with Gasteiger partial charge in [0, 0.05) is 11.6 Å². The van der Waals surface area contributed by atoms with Gasteiger partial charge < -0.3 is 5.73 Å². The fourth-order valence-corrected chi connectivity index (χ4v) is 2.85. The first-order chi connectivity index (χ1) is 11.1. The van der Waals surface area contributed by atoms with Crippen LogP contribution in [0.1, 0.15) is 19.4 Å². The maximum Gasteiger partial charge on any atom is 0.335 e. The van der Waals surface area contributed by atoms with Gasteiger partial charge in [0.15, 0.2) is 0 Å². The third-order valence-electron chi connectivity index (χ3n) is 4.15. The van der Waals surface area contributed by atoms with Crippen LogP contribution < -0.4 is 5.73 Å². The normalized spacial score (nSPS) is 14.6. The molecule has 5 nitrogen and oxygen atoms in total. The van der Waals surface area contributed by atoms with Gasteiger partial charge in [0.2, 0.25) is 0 Å². The van der Waals surface area contributed by atoms with E-state index in [1.165, 1.54) is 13.8 Å². The van der Waals surface area contributed by atoms with Gasteiger partial charge in [-0.05, 0) is 12.0 Å². The molecule has 2 N–H and O–H groups in total. The van der Waals surface area contributed by atoms with Crippen LogP contribution in [0.3, 0.4) is 0 Å². The van der Waals surface area contributed by atoms with Crippen LogP contribution in [-0.2, 0) is 16.8 Å². The zero-order valence-corrected chi connectivity index (χ0v) is 13.0. The zero-order valence-electron chi connectivity index (χ0n) is 13.0. The molecule has 1 atom stereocenters. The summed E-state index contributed by atoms with van der Waals surface area (Å²) in [5, 5.41) is 3.75. The number of alkyl halides is 2. The number of benzene rings is 1. The summed E-state index contributed by atoms with van der Waals surface area (Å²) in [7, 11) is 0. The lowest BCUT2D eigenvalue weighted by atomic mass is 9.66. The summed E-state index contributed by atoms with van der Waals surface area (Å²) in [6.45, 7) is 2.23. The van der Waals surface area contributed by atoms with E-state index in [1.807, 2.05) is 0 Å². The van der Waals surface area contributed by atoms with Crippen LogP contribution in [0, 0.1) is 17.6 Å². The van der Waals surface area contributed by atoms with Gasteiger partial charge in [0.05, 0.1) is 12.0 Å². The molecule has 24 heavy (non-hydrogen) atoms. The molecule has 9 heteroatoms. The standard InChI is InChI=1S/C15H16F4N4O/c1-9(2)14(15(18,19)13(20)24,6-23-8-21-7-22-23)11-4-3-10(16)5-12(11)17/h3-5,7-9H,6H2,1-2H3,(H2,20,24)/t14-/m0/s1. The van der Waals surface area contributed by atoms with Gasteiger partial charge in [0.1, 0.15) is 24.3 Å². The van der Waals surface area contributed by atoms with E-state index in [2.05, 4.69) is 10.1 Å². The van der Waals surface area contributed by atoms with Crippen LogP contribution in [0.4, 0.5) is 17.6 Å². The van der Waals surface area contributed by atoms with Crippen molar-refractivity contribution in [2.24, 2.45) is 11.7 Å². The maximum atomic E-state index is 14.9.